The molecule has 0 bridgehead atoms. The normalized spacial score (nSPS) is 12.0. The third-order valence-electron chi connectivity index (χ3n) is 2.05. The summed E-state index contributed by atoms with van der Waals surface area (Å²) in [5.74, 6) is -0.693. The Morgan fingerprint density at radius 2 is 2.25 bits per heavy atom. The third-order valence-corrected chi connectivity index (χ3v) is 2.05. The first-order valence-corrected chi connectivity index (χ1v) is 4.79. The molecule has 16 heavy (non-hydrogen) atoms. The van der Waals surface area contributed by atoms with Crippen molar-refractivity contribution in [1.29, 1.82) is 0 Å². The van der Waals surface area contributed by atoms with Gasteiger partial charge in [0.25, 0.3) is 0 Å². The number of hydrogen-bond donors (Lipinski definition) is 1. The molecule has 0 aliphatic carbocycles. The second-order valence-electron chi connectivity index (χ2n) is 3.34. The predicted octanol–water partition coefficient (Wildman–Crippen LogP) is 1.40. The van der Waals surface area contributed by atoms with Crippen molar-refractivity contribution in [3.8, 4) is 5.75 Å². The quantitative estimate of drug-likeness (QED) is 0.790. The van der Waals surface area contributed by atoms with Crippen molar-refractivity contribution in [2.24, 2.45) is 5.73 Å². The molecule has 0 unspecified atom stereocenters. The Labute approximate surface area is 93.2 Å². The fourth-order valence-corrected chi connectivity index (χ4v) is 1.17. The Morgan fingerprint density at radius 1 is 1.56 bits per heavy atom. The van der Waals surface area contributed by atoms with E-state index in [0.29, 0.717) is 5.56 Å². The van der Waals surface area contributed by atoms with Gasteiger partial charge in [-0.15, -0.1) is 0 Å². The van der Waals surface area contributed by atoms with Crippen LogP contribution >= 0.6 is 0 Å². The van der Waals surface area contributed by atoms with Gasteiger partial charge in [0.2, 0.25) is 0 Å². The van der Waals surface area contributed by atoms with E-state index in [-0.39, 0.29) is 18.4 Å². The number of carbonyl (C=O) groups is 1. The highest BCUT2D eigenvalue weighted by Gasteiger charge is 2.09. The molecule has 88 valence electrons. The number of hydrogen-bond acceptors (Lipinski definition) is 4. The molecule has 0 aromatic heterocycles. The molecule has 5 heteroatoms. The molecule has 0 heterocycles. The van der Waals surface area contributed by atoms with Crippen LogP contribution in [0.15, 0.2) is 18.2 Å². The molecule has 0 saturated heterocycles. The maximum atomic E-state index is 13.4. The van der Waals surface area contributed by atoms with E-state index in [1.807, 2.05) is 0 Å². The molecule has 1 atom stereocenters. The van der Waals surface area contributed by atoms with Crippen LogP contribution in [-0.4, -0.2) is 19.7 Å². The number of benzene rings is 1. The number of nitrogens with two attached hydrogens (primary N) is 1. The van der Waals surface area contributed by atoms with Crippen molar-refractivity contribution < 1.29 is 18.7 Å². The first kappa shape index (κ1) is 12.4. The zero-order valence-electron chi connectivity index (χ0n) is 9.20. The summed E-state index contributed by atoms with van der Waals surface area (Å²) in [7, 11) is 1.26. The number of rotatable bonds is 4. The van der Waals surface area contributed by atoms with Crippen molar-refractivity contribution in [2.75, 3.05) is 13.7 Å². The first-order valence-electron chi connectivity index (χ1n) is 4.79. The molecule has 0 aliphatic heterocycles. The molecule has 0 radical (unpaired) electrons. The summed E-state index contributed by atoms with van der Waals surface area (Å²) < 4.78 is 22.8. The lowest BCUT2D eigenvalue weighted by Gasteiger charge is -2.09. The fraction of sp³-hybridized carbons (Fsp3) is 0.364. The van der Waals surface area contributed by atoms with Crippen molar-refractivity contribution in [3.63, 3.8) is 0 Å². The summed E-state index contributed by atoms with van der Waals surface area (Å²) in [6, 6.07) is 3.91. The van der Waals surface area contributed by atoms with Gasteiger partial charge < -0.3 is 15.2 Å². The summed E-state index contributed by atoms with van der Waals surface area (Å²) in [5, 5.41) is 0. The number of ether oxygens (including phenoxy) is 2. The van der Waals surface area contributed by atoms with Gasteiger partial charge in [-0.3, -0.25) is 0 Å². The third kappa shape index (κ3) is 3.20. The Kier molecular flexibility index (Phi) is 4.25. The Balaban J connectivity index is 2.70. The number of methoxy groups -OCH3 is 1. The minimum atomic E-state index is -0.517. The van der Waals surface area contributed by atoms with E-state index in [1.165, 1.54) is 19.2 Å². The van der Waals surface area contributed by atoms with Crippen LogP contribution in [0.2, 0.25) is 0 Å². The minimum Gasteiger partial charge on any atom is -0.482 e. The largest absolute Gasteiger partial charge is 0.482 e. The molecule has 0 fully saturated rings. The van der Waals surface area contributed by atoms with Gasteiger partial charge in [-0.05, 0) is 13.0 Å². The van der Waals surface area contributed by atoms with Crippen LogP contribution in [0.25, 0.3) is 0 Å². The fourth-order valence-electron chi connectivity index (χ4n) is 1.17. The van der Waals surface area contributed by atoms with E-state index in [2.05, 4.69) is 4.74 Å². The highest BCUT2D eigenvalue weighted by molar-refractivity contribution is 5.70. The molecule has 1 aromatic carbocycles. The first-order chi connectivity index (χ1) is 7.54. The highest BCUT2D eigenvalue weighted by Crippen LogP contribution is 2.20. The summed E-state index contributed by atoms with van der Waals surface area (Å²) in [6.07, 6.45) is 0. The van der Waals surface area contributed by atoms with E-state index in [9.17, 15) is 9.18 Å². The molecule has 4 nitrogen and oxygen atoms in total. The minimum absolute atomic E-state index is 0.243. The topological polar surface area (TPSA) is 61.5 Å². The van der Waals surface area contributed by atoms with E-state index >= 15 is 0 Å². The van der Waals surface area contributed by atoms with Crippen LogP contribution in [0.4, 0.5) is 4.39 Å². The van der Waals surface area contributed by atoms with Crippen molar-refractivity contribution in [3.05, 3.63) is 29.6 Å². The van der Waals surface area contributed by atoms with Crippen molar-refractivity contribution in [2.45, 2.75) is 13.0 Å². The van der Waals surface area contributed by atoms with Gasteiger partial charge in [0.15, 0.2) is 6.61 Å². The van der Waals surface area contributed by atoms with E-state index in [4.69, 9.17) is 10.5 Å². The molecule has 0 amide bonds. The van der Waals surface area contributed by atoms with E-state index in [1.54, 1.807) is 13.0 Å². The maximum absolute atomic E-state index is 13.4. The second kappa shape index (κ2) is 5.46. The summed E-state index contributed by atoms with van der Waals surface area (Å²) in [6.45, 7) is 1.45. The molecule has 1 rings (SSSR count). The Bertz CT molecular complexity index is 379. The van der Waals surface area contributed by atoms with Crippen LogP contribution in [0.1, 0.15) is 18.5 Å². The second-order valence-corrected chi connectivity index (χ2v) is 3.34. The molecule has 1 aromatic rings. The van der Waals surface area contributed by atoms with Gasteiger partial charge in [0, 0.05) is 17.7 Å². The maximum Gasteiger partial charge on any atom is 0.343 e. The Morgan fingerprint density at radius 3 is 2.75 bits per heavy atom. The monoisotopic (exact) mass is 227 g/mol. The molecule has 2 N–H and O–H groups in total. The van der Waals surface area contributed by atoms with Gasteiger partial charge in [-0.25, -0.2) is 9.18 Å². The molecular formula is C11H14FNO3. The number of halogens is 1. The van der Waals surface area contributed by atoms with Crippen LogP contribution in [0, 0.1) is 5.82 Å². The van der Waals surface area contributed by atoms with Crippen molar-refractivity contribution in [1.82, 2.24) is 0 Å². The summed E-state index contributed by atoms with van der Waals surface area (Å²) in [5.41, 5.74) is 5.96. The van der Waals surface area contributed by atoms with Gasteiger partial charge in [-0.2, -0.15) is 0 Å². The van der Waals surface area contributed by atoms with Crippen LogP contribution < -0.4 is 10.5 Å². The number of carbonyl (C=O) groups excluding carboxylic acids is 1. The lowest BCUT2D eigenvalue weighted by Crippen LogP contribution is -2.13. The average molecular weight is 227 g/mol. The average Bonchev–Trinajstić information content (AvgIpc) is 2.25. The van der Waals surface area contributed by atoms with Crippen LogP contribution in [-0.2, 0) is 9.53 Å². The summed E-state index contributed by atoms with van der Waals surface area (Å²) >= 11 is 0. The lowest BCUT2D eigenvalue weighted by atomic mass is 10.1. The van der Waals surface area contributed by atoms with Crippen LogP contribution in [0.3, 0.4) is 0 Å². The zero-order chi connectivity index (χ0) is 12.1. The van der Waals surface area contributed by atoms with Gasteiger partial charge in [0.05, 0.1) is 7.11 Å². The van der Waals surface area contributed by atoms with Crippen LogP contribution in [0.5, 0.6) is 5.75 Å². The van der Waals surface area contributed by atoms with Gasteiger partial charge in [0.1, 0.15) is 11.6 Å². The van der Waals surface area contributed by atoms with Gasteiger partial charge >= 0.3 is 5.97 Å². The molecular weight excluding hydrogens is 213 g/mol. The zero-order valence-corrected chi connectivity index (χ0v) is 9.20. The van der Waals surface area contributed by atoms with E-state index < -0.39 is 11.8 Å². The van der Waals surface area contributed by atoms with Gasteiger partial charge in [-0.1, -0.05) is 6.07 Å². The highest BCUT2D eigenvalue weighted by atomic mass is 19.1. The smallest absolute Gasteiger partial charge is 0.343 e. The molecule has 0 aliphatic rings. The number of esters is 1. The van der Waals surface area contributed by atoms with E-state index in [0.717, 1.165) is 0 Å². The molecule has 0 saturated carbocycles. The Hall–Kier alpha value is -1.62. The predicted molar refractivity (Wildman–Crippen MR) is 56.5 cm³/mol. The van der Waals surface area contributed by atoms with Crippen molar-refractivity contribution >= 4 is 5.97 Å². The lowest BCUT2D eigenvalue weighted by molar-refractivity contribution is -0.142. The molecule has 0 spiro atoms. The SMILES string of the molecule is COC(=O)COc1ccc([C@H](C)N)c(F)c1. The summed E-state index contributed by atoms with van der Waals surface area (Å²) in [4.78, 5) is 10.8. The standard InChI is InChI=1S/C11H14FNO3/c1-7(13)9-4-3-8(5-10(9)12)16-6-11(14)15-2/h3-5,7H,6,13H2,1-2H3/t7-/m0/s1.